The summed E-state index contributed by atoms with van der Waals surface area (Å²) in [5.41, 5.74) is 2.71. The first-order valence-corrected chi connectivity index (χ1v) is 12.8. The summed E-state index contributed by atoms with van der Waals surface area (Å²) in [6.45, 7) is 7.70. The lowest BCUT2D eigenvalue weighted by Crippen LogP contribution is -2.04. The number of hydrogen-bond donors (Lipinski definition) is 0. The van der Waals surface area contributed by atoms with Crippen molar-refractivity contribution >= 4 is 81.2 Å². The van der Waals surface area contributed by atoms with Crippen LogP contribution in [0.4, 0.5) is 22.7 Å². The quantitative estimate of drug-likeness (QED) is 0.0908. The second kappa shape index (κ2) is 14.6. The number of nitrogens with zero attached hydrogens (tertiary/aromatic N) is 4. The van der Waals surface area contributed by atoms with Gasteiger partial charge in [-0.05, 0) is 60.9 Å². The highest BCUT2D eigenvalue weighted by Gasteiger charge is 2.11. The zero-order valence-electron chi connectivity index (χ0n) is 20.0. The van der Waals surface area contributed by atoms with Gasteiger partial charge < -0.3 is 9.47 Å². The largest absolute Gasteiger partial charge is 0.492 e. The van der Waals surface area contributed by atoms with Gasteiger partial charge in [0.2, 0.25) is 0 Å². The van der Waals surface area contributed by atoms with Crippen LogP contribution in [0.3, 0.4) is 0 Å². The molecule has 0 atom stereocenters. The van der Waals surface area contributed by atoms with Crippen LogP contribution in [-0.2, 0) is 9.53 Å². The van der Waals surface area contributed by atoms with Crippen molar-refractivity contribution in [3.8, 4) is 5.75 Å². The monoisotopic (exact) mass is 590 g/mol. The number of azo groups is 2. The number of benzene rings is 3. The highest BCUT2D eigenvalue weighted by atomic mass is 35.5. The van der Waals surface area contributed by atoms with E-state index in [2.05, 4.69) is 33.6 Å². The summed E-state index contributed by atoms with van der Waals surface area (Å²) >= 11 is 25.2. The minimum atomic E-state index is -0.450. The molecule has 7 nitrogen and oxygen atoms in total. The predicted octanol–water partition coefficient (Wildman–Crippen LogP) is 10.7. The van der Waals surface area contributed by atoms with E-state index < -0.39 is 5.97 Å². The zero-order chi connectivity index (χ0) is 27.5. The van der Waals surface area contributed by atoms with Gasteiger partial charge in [-0.15, -0.1) is 10.2 Å². The van der Waals surface area contributed by atoms with Crippen molar-refractivity contribution in [1.29, 1.82) is 0 Å². The van der Waals surface area contributed by atoms with E-state index in [1.807, 2.05) is 0 Å². The number of carbonyl (C=O) groups excluding carboxylic acids is 1. The molecule has 3 rings (SSSR count). The number of rotatable bonds is 12. The van der Waals surface area contributed by atoms with Crippen molar-refractivity contribution < 1.29 is 14.3 Å². The average Bonchev–Trinajstić information content (AvgIpc) is 2.93. The molecule has 0 unspecified atom stereocenters. The van der Waals surface area contributed by atoms with E-state index in [0.717, 1.165) is 11.6 Å². The lowest BCUT2D eigenvalue weighted by atomic mass is 10.2. The van der Waals surface area contributed by atoms with Crippen molar-refractivity contribution in [2.24, 2.45) is 20.5 Å². The van der Waals surface area contributed by atoms with Gasteiger partial charge in [0.05, 0.1) is 39.7 Å². The lowest BCUT2D eigenvalue weighted by Gasteiger charge is -2.10. The summed E-state index contributed by atoms with van der Waals surface area (Å²) in [4.78, 5) is 11.0. The number of carbonyl (C=O) groups is 1. The average molecular weight is 592 g/mol. The van der Waals surface area contributed by atoms with E-state index in [9.17, 15) is 4.79 Å². The van der Waals surface area contributed by atoms with Crippen LogP contribution in [0.2, 0.25) is 20.1 Å². The van der Waals surface area contributed by atoms with E-state index in [-0.39, 0.29) is 10.0 Å². The summed E-state index contributed by atoms with van der Waals surface area (Å²) in [6, 6.07) is 13.7. The molecule has 11 heteroatoms. The third-order valence-electron chi connectivity index (χ3n) is 4.94. The topological polar surface area (TPSA) is 85.0 Å². The van der Waals surface area contributed by atoms with E-state index in [1.54, 1.807) is 54.6 Å². The molecule has 3 aromatic carbocycles. The Balaban J connectivity index is 1.58. The maximum absolute atomic E-state index is 11.0. The fourth-order valence-electron chi connectivity index (χ4n) is 2.93. The van der Waals surface area contributed by atoms with Gasteiger partial charge in [0.25, 0.3) is 0 Å². The molecule has 0 aromatic heterocycles. The highest BCUT2D eigenvalue weighted by Crippen LogP contribution is 2.40. The normalized spacial score (nSPS) is 11.2. The zero-order valence-corrected chi connectivity index (χ0v) is 23.1. The summed E-state index contributed by atoms with van der Waals surface area (Å²) in [5.74, 6) is -0.0252. The van der Waals surface area contributed by atoms with Crippen LogP contribution in [0, 0.1) is 0 Å². The Labute approximate surface area is 240 Å². The molecule has 0 aliphatic rings. The molecule has 0 amide bonds. The van der Waals surface area contributed by atoms with E-state index >= 15 is 0 Å². The van der Waals surface area contributed by atoms with Gasteiger partial charge in [0, 0.05) is 6.08 Å². The number of ether oxygens (including phenoxy) is 2. The number of esters is 1. The smallest absolute Gasteiger partial charge is 0.330 e. The minimum Gasteiger partial charge on any atom is -0.492 e. The molecule has 0 fully saturated rings. The van der Waals surface area contributed by atoms with Gasteiger partial charge in [-0.3, -0.25) is 0 Å². The molecule has 38 heavy (non-hydrogen) atoms. The molecule has 196 valence electrons. The van der Waals surface area contributed by atoms with Crippen LogP contribution in [0.15, 0.2) is 88.2 Å². The van der Waals surface area contributed by atoms with Gasteiger partial charge in [0.15, 0.2) is 0 Å². The molecule has 0 N–H and O–H groups in total. The van der Waals surface area contributed by atoms with E-state index in [0.29, 0.717) is 64.6 Å². The molecular formula is C27H22Cl4N4O3. The first kappa shape index (κ1) is 29.3. The summed E-state index contributed by atoms with van der Waals surface area (Å²) in [6.07, 6.45) is 4.04. The van der Waals surface area contributed by atoms with Crippen LogP contribution in [-0.4, -0.2) is 19.2 Å². The standard InChI is InChI=1S/C27H22Cl4N4O3/c1-3-17-7-12-20(25(29)24(17)28)34-32-18-8-10-19(11-9-18)33-35-21-13-14-22(27(31)26(21)30)37-15-5-6-16-38-23(36)4-2/h3-4,7-14H,1-2,5-6,15-16H2. The third-order valence-corrected chi connectivity index (χ3v) is 6.68. The van der Waals surface area contributed by atoms with Gasteiger partial charge in [-0.1, -0.05) is 71.7 Å². The second-order valence-electron chi connectivity index (χ2n) is 7.56. The molecule has 0 bridgehead atoms. The molecule has 0 radical (unpaired) electrons. The van der Waals surface area contributed by atoms with Crippen molar-refractivity contribution in [1.82, 2.24) is 0 Å². The molecule has 0 spiro atoms. The molecule has 0 saturated heterocycles. The summed E-state index contributed by atoms with van der Waals surface area (Å²) in [7, 11) is 0. The Morgan fingerprint density at radius 3 is 1.84 bits per heavy atom. The molecule has 0 aliphatic carbocycles. The Morgan fingerprint density at radius 1 is 0.711 bits per heavy atom. The molecule has 0 heterocycles. The Kier molecular flexibility index (Phi) is 11.3. The van der Waals surface area contributed by atoms with Gasteiger partial charge >= 0.3 is 5.97 Å². The van der Waals surface area contributed by atoms with Crippen molar-refractivity contribution in [2.45, 2.75) is 12.8 Å². The molecule has 3 aromatic rings. The Hall–Kier alpha value is -3.23. The number of unbranched alkanes of at least 4 members (excludes halogenated alkanes) is 1. The maximum Gasteiger partial charge on any atom is 0.330 e. The van der Waals surface area contributed by atoms with Crippen LogP contribution >= 0.6 is 46.4 Å². The van der Waals surface area contributed by atoms with Crippen molar-refractivity contribution in [3.05, 3.63) is 93.4 Å². The van der Waals surface area contributed by atoms with Gasteiger partial charge in [-0.25, -0.2) is 4.79 Å². The molecule has 0 aliphatic heterocycles. The minimum absolute atomic E-state index is 0.219. The van der Waals surface area contributed by atoms with E-state index in [4.69, 9.17) is 55.9 Å². The molecular weight excluding hydrogens is 570 g/mol. The maximum atomic E-state index is 11.0. The van der Waals surface area contributed by atoms with E-state index in [1.165, 1.54) is 0 Å². The second-order valence-corrected chi connectivity index (χ2v) is 9.07. The lowest BCUT2D eigenvalue weighted by molar-refractivity contribution is -0.137. The summed E-state index contributed by atoms with van der Waals surface area (Å²) in [5, 5.41) is 17.9. The first-order chi connectivity index (χ1) is 18.3. The SMILES string of the molecule is C=CC(=O)OCCCCOc1ccc(N=Nc2ccc(N=Nc3ccc(C=C)c(Cl)c3Cl)cc2)c(Cl)c1Cl. The first-order valence-electron chi connectivity index (χ1n) is 11.3. The number of halogens is 4. The third kappa shape index (κ3) is 8.13. The summed E-state index contributed by atoms with van der Waals surface area (Å²) < 4.78 is 10.6. The van der Waals surface area contributed by atoms with Gasteiger partial charge in [-0.2, -0.15) is 10.2 Å². The highest BCUT2D eigenvalue weighted by molar-refractivity contribution is 6.45. The number of hydrogen-bond acceptors (Lipinski definition) is 7. The van der Waals surface area contributed by atoms with Crippen molar-refractivity contribution in [3.63, 3.8) is 0 Å². The van der Waals surface area contributed by atoms with Crippen molar-refractivity contribution in [2.75, 3.05) is 13.2 Å². The van der Waals surface area contributed by atoms with Gasteiger partial charge in [0.1, 0.15) is 22.1 Å². The van der Waals surface area contributed by atoms with Crippen LogP contribution < -0.4 is 4.74 Å². The predicted molar refractivity (Wildman–Crippen MR) is 154 cm³/mol. The Morgan fingerprint density at radius 2 is 1.26 bits per heavy atom. The fourth-order valence-corrected chi connectivity index (χ4v) is 3.78. The fraction of sp³-hybridized carbons (Fsp3) is 0.148. The van der Waals surface area contributed by atoms with Crippen LogP contribution in [0.25, 0.3) is 6.08 Å². The van der Waals surface area contributed by atoms with Crippen LogP contribution in [0.5, 0.6) is 5.75 Å². The van der Waals surface area contributed by atoms with Crippen LogP contribution in [0.1, 0.15) is 18.4 Å². The molecule has 0 saturated carbocycles. The Bertz CT molecular complexity index is 1380.